The van der Waals surface area contributed by atoms with Crippen LogP contribution in [-0.2, 0) is 9.59 Å². The van der Waals surface area contributed by atoms with Crippen molar-refractivity contribution >= 4 is 67.7 Å². The molecule has 0 radical (unpaired) electrons. The minimum Gasteiger partial charge on any atom is -0.477 e. The lowest BCUT2D eigenvalue weighted by Gasteiger charge is -2.11. The maximum Gasteiger partial charge on any atom is 0.346 e. The molecular formula is C44H26N4O4. The Hall–Kier alpha value is -7.68. The predicted molar refractivity (Wildman–Crippen MR) is 203 cm³/mol. The molecule has 0 unspecified atom stereocenters. The fourth-order valence-electron chi connectivity index (χ4n) is 6.94. The summed E-state index contributed by atoms with van der Waals surface area (Å²) in [5.74, 6) is -2.52. The Balaban J connectivity index is 1.15. The Bertz CT molecular complexity index is 2710. The normalized spacial score (nSPS) is 12.0. The molecule has 8 heteroatoms. The minimum atomic E-state index is -1.26. The average Bonchev–Trinajstić information content (AvgIpc) is 3.68. The number of hydrogen-bond donors (Lipinski definition) is 2. The van der Waals surface area contributed by atoms with E-state index in [1.165, 1.54) is 12.2 Å². The standard InChI is InChI=1S/C44H26N4O4/c45-25-31(43(49)50)21-27-9-19-41-37(23-27)35-5-1-3-7-39(35)47(41)33-15-11-29(12-16-33)30-13-17-34(18-14-30)48-40-8-4-2-6-36(40)38-24-28(10-20-42(38)48)22-32(26-46)44(51)52/h1-24H,(H,49,50)(H,51,52)/b31-21+,32-22+. The number of nitrogens with zero attached hydrogens (tertiary/aromatic N) is 4. The molecule has 8 aromatic rings. The summed E-state index contributed by atoms with van der Waals surface area (Å²) in [5, 5.41) is 41.1. The number of rotatable bonds is 7. The lowest BCUT2D eigenvalue weighted by molar-refractivity contribution is -0.133. The van der Waals surface area contributed by atoms with Crippen molar-refractivity contribution in [3.8, 4) is 34.6 Å². The number of carboxylic acid groups (broad SMARTS) is 2. The molecule has 2 aromatic heterocycles. The summed E-state index contributed by atoms with van der Waals surface area (Å²) in [6.07, 6.45) is 2.78. The average molecular weight is 675 g/mol. The van der Waals surface area contributed by atoms with Crippen molar-refractivity contribution in [3.05, 3.63) is 156 Å². The van der Waals surface area contributed by atoms with Crippen LogP contribution in [0.25, 0.3) is 78.3 Å². The number of para-hydroxylation sites is 2. The van der Waals surface area contributed by atoms with Crippen molar-refractivity contribution in [2.75, 3.05) is 0 Å². The van der Waals surface area contributed by atoms with E-state index in [1.54, 1.807) is 12.1 Å². The maximum absolute atomic E-state index is 11.4. The van der Waals surface area contributed by atoms with Crippen LogP contribution < -0.4 is 0 Å². The van der Waals surface area contributed by atoms with Crippen LogP contribution in [0.4, 0.5) is 0 Å². The Morgan fingerprint density at radius 3 is 1.21 bits per heavy atom. The van der Waals surface area contributed by atoms with Crippen LogP contribution in [0.5, 0.6) is 0 Å². The molecule has 52 heavy (non-hydrogen) atoms. The van der Waals surface area contributed by atoms with Crippen molar-refractivity contribution in [3.63, 3.8) is 0 Å². The summed E-state index contributed by atoms with van der Waals surface area (Å²) >= 11 is 0. The molecule has 2 N–H and O–H groups in total. The molecule has 0 atom stereocenters. The summed E-state index contributed by atoms with van der Waals surface area (Å²) in [6, 6.07) is 47.7. The van der Waals surface area contributed by atoms with Gasteiger partial charge in [-0.3, -0.25) is 0 Å². The van der Waals surface area contributed by atoms with Gasteiger partial charge in [0, 0.05) is 32.9 Å². The fraction of sp³-hybridized carbons (Fsp3) is 0. The molecule has 0 saturated heterocycles. The smallest absolute Gasteiger partial charge is 0.346 e. The van der Waals surface area contributed by atoms with E-state index in [0.717, 1.165) is 66.1 Å². The monoisotopic (exact) mass is 674 g/mol. The molecule has 0 fully saturated rings. The fourth-order valence-corrected chi connectivity index (χ4v) is 6.94. The lowest BCUT2D eigenvalue weighted by Crippen LogP contribution is -1.97. The number of nitriles is 2. The van der Waals surface area contributed by atoms with Crippen molar-refractivity contribution in [1.82, 2.24) is 9.13 Å². The van der Waals surface area contributed by atoms with Gasteiger partial charge in [-0.1, -0.05) is 72.8 Å². The highest BCUT2D eigenvalue weighted by Crippen LogP contribution is 2.36. The molecule has 8 nitrogen and oxygen atoms in total. The van der Waals surface area contributed by atoms with E-state index in [-0.39, 0.29) is 11.1 Å². The van der Waals surface area contributed by atoms with Crippen molar-refractivity contribution in [2.45, 2.75) is 0 Å². The molecular weight excluding hydrogens is 649 g/mol. The Morgan fingerprint density at radius 2 is 0.846 bits per heavy atom. The number of aliphatic carboxylic acids is 2. The zero-order valence-electron chi connectivity index (χ0n) is 27.4. The number of carbonyl (C=O) groups is 2. The van der Waals surface area contributed by atoms with Crippen LogP contribution in [0.3, 0.4) is 0 Å². The van der Waals surface area contributed by atoms with E-state index < -0.39 is 11.9 Å². The summed E-state index contributed by atoms with van der Waals surface area (Å²) in [7, 11) is 0. The van der Waals surface area contributed by atoms with Gasteiger partial charge in [-0.05, 0) is 95.1 Å². The molecule has 6 aromatic carbocycles. The second-order valence-electron chi connectivity index (χ2n) is 12.3. The Labute approximate surface area is 296 Å². The number of fused-ring (bicyclic) bond motifs is 6. The van der Waals surface area contributed by atoms with Crippen LogP contribution >= 0.6 is 0 Å². The number of hydrogen-bond acceptors (Lipinski definition) is 4. The van der Waals surface area contributed by atoms with Gasteiger partial charge in [0.1, 0.15) is 23.3 Å². The third-order valence-electron chi connectivity index (χ3n) is 9.30. The summed E-state index contributed by atoms with van der Waals surface area (Å²) in [5.41, 5.74) is 8.63. The molecule has 246 valence electrons. The van der Waals surface area contributed by atoms with E-state index >= 15 is 0 Å². The molecule has 0 saturated carbocycles. The van der Waals surface area contributed by atoms with Gasteiger partial charge in [-0.25, -0.2) is 9.59 Å². The predicted octanol–water partition coefficient (Wildman–Crippen LogP) is 9.53. The molecule has 0 aliphatic heterocycles. The van der Waals surface area contributed by atoms with Gasteiger partial charge in [-0.15, -0.1) is 0 Å². The van der Waals surface area contributed by atoms with Gasteiger partial charge < -0.3 is 19.3 Å². The number of carboxylic acids is 2. The van der Waals surface area contributed by atoms with E-state index in [1.807, 2.05) is 72.8 Å². The second-order valence-corrected chi connectivity index (χ2v) is 12.3. The van der Waals surface area contributed by atoms with E-state index in [4.69, 9.17) is 0 Å². The molecule has 2 heterocycles. The van der Waals surface area contributed by atoms with Crippen LogP contribution in [-0.4, -0.2) is 31.3 Å². The first-order chi connectivity index (χ1) is 25.3. The van der Waals surface area contributed by atoms with Gasteiger partial charge in [0.05, 0.1) is 22.1 Å². The first-order valence-electron chi connectivity index (χ1n) is 16.3. The topological polar surface area (TPSA) is 132 Å². The van der Waals surface area contributed by atoms with Crippen molar-refractivity contribution in [2.24, 2.45) is 0 Å². The van der Waals surface area contributed by atoms with E-state index in [2.05, 4.69) is 69.8 Å². The Morgan fingerprint density at radius 1 is 0.481 bits per heavy atom. The quantitative estimate of drug-likeness (QED) is 0.128. The second kappa shape index (κ2) is 12.6. The lowest BCUT2D eigenvalue weighted by atomic mass is 10.0. The number of benzene rings is 6. The van der Waals surface area contributed by atoms with Gasteiger partial charge in [0.2, 0.25) is 0 Å². The van der Waals surface area contributed by atoms with Gasteiger partial charge in [0.15, 0.2) is 0 Å². The molecule has 0 amide bonds. The van der Waals surface area contributed by atoms with Crippen LogP contribution in [0.15, 0.2) is 145 Å². The van der Waals surface area contributed by atoms with Crippen LogP contribution in [0.1, 0.15) is 11.1 Å². The van der Waals surface area contributed by atoms with Gasteiger partial charge in [0.25, 0.3) is 0 Å². The maximum atomic E-state index is 11.4. The molecule has 0 bridgehead atoms. The van der Waals surface area contributed by atoms with Crippen LogP contribution in [0.2, 0.25) is 0 Å². The summed E-state index contributed by atoms with van der Waals surface area (Å²) < 4.78 is 4.36. The van der Waals surface area contributed by atoms with Crippen molar-refractivity contribution < 1.29 is 19.8 Å². The first-order valence-corrected chi connectivity index (χ1v) is 16.3. The molecule has 8 rings (SSSR count). The first kappa shape index (κ1) is 31.6. The third-order valence-corrected chi connectivity index (χ3v) is 9.30. The largest absolute Gasteiger partial charge is 0.477 e. The molecule has 0 aliphatic rings. The highest BCUT2D eigenvalue weighted by Gasteiger charge is 2.16. The van der Waals surface area contributed by atoms with Crippen molar-refractivity contribution in [1.29, 1.82) is 10.5 Å². The van der Waals surface area contributed by atoms with E-state index in [0.29, 0.717) is 11.1 Å². The molecule has 0 spiro atoms. The Kier molecular flexibility index (Phi) is 7.68. The minimum absolute atomic E-state index is 0.320. The van der Waals surface area contributed by atoms with Gasteiger partial charge in [-0.2, -0.15) is 10.5 Å². The molecule has 0 aliphatic carbocycles. The zero-order valence-corrected chi connectivity index (χ0v) is 27.4. The number of aromatic nitrogens is 2. The third kappa shape index (κ3) is 5.34. The van der Waals surface area contributed by atoms with Gasteiger partial charge >= 0.3 is 11.9 Å². The van der Waals surface area contributed by atoms with Crippen LogP contribution in [0, 0.1) is 22.7 Å². The summed E-state index contributed by atoms with van der Waals surface area (Å²) in [4.78, 5) is 22.9. The highest BCUT2D eigenvalue weighted by molar-refractivity contribution is 6.11. The summed E-state index contributed by atoms with van der Waals surface area (Å²) in [6.45, 7) is 0. The zero-order chi connectivity index (χ0) is 35.9. The SMILES string of the molecule is N#C/C(=C\c1ccc2c(c1)c1ccccc1n2-c1ccc(-c2ccc(-n3c4ccccc4c4cc(/C=C(\C#N)C(=O)O)ccc43)cc2)cc1)C(=O)O. The van der Waals surface area contributed by atoms with E-state index in [9.17, 15) is 30.3 Å². The highest BCUT2D eigenvalue weighted by atomic mass is 16.4.